The van der Waals surface area contributed by atoms with Crippen LogP contribution in [0.3, 0.4) is 0 Å². The van der Waals surface area contributed by atoms with Crippen molar-refractivity contribution in [3.05, 3.63) is 35.5 Å². The van der Waals surface area contributed by atoms with Crippen molar-refractivity contribution in [3.63, 3.8) is 0 Å². The van der Waals surface area contributed by atoms with Crippen molar-refractivity contribution in [2.24, 2.45) is 23.2 Å². The smallest absolute Gasteiger partial charge is 0.229 e. The molecule has 1 aliphatic heterocycles. The fourth-order valence-corrected chi connectivity index (χ4v) is 6.79. The van der Waals surface area contributed by atoms with Gasteiger partial charge in [0.05, 0.1) is 17.7 Å². The lowest BCUT2D eigenvalue weighted by Gasteiger charge is -2.66. The molecule has 1 aromatic carbocycles. The monoisotopic (exact) mass is 511 g/mol. The van der Waals surface area contributed by atoms with Crippen molar-refractivity contribution in [2.75, 3.05) is 55.8 Å². The molecule has 0 unspecified atom stereocenters. The maximum atomic E-state index is 12.9. The van der Waals surface area contributed by atoms with Gasteiger partial charge in [-0.15, -0.1) is 0 Å². The average molecular weight is 512 g/mol. The van der Waals surface area contributed by atoms with Crippen LogP contribution in [0.25, 0.3) is 0 Å². The molecule has 0 spiro atoms. The molecule has 8 nitrogen and oxygen atoms in total. The van der Waals surface area contributed by atoms with Crippen LogP contribution < -0.4 is 20.9 Å². The summed E-state index contributed by atoms with van der Waals surface area (Å²) in [5, 5.41) is 10.3. The van der Waals surface area contributed by atoms with Gasteiger partial charge in [-0.1, -0.05) is 25.4 Å². The van der Waals surface area contributed by atoms with Gasteiger partial charge in [0.15, 0.2) is 5.82 Å². The number of likely N-dealkylation sites (N-methyl/N-ethyl adjacent to an activating group) is 1. The highest BCUT2D eigenvalue weighted by Gasteiger charge is 2.64. The fraction of sp³-hybridized carbons (Fsp3) is 0.593. The normalized spacial score (nSPS) is 29.3. The van der Waals surface area contributed by atoms with E-state index in [1.807, 2.05) is 0 Å². The number of aromatic nitrogens is 2. The number of rotatable bonds is 6. The Morgan fingerprint density at radius 3 is 2.42 bits per heavy atom. The number of anilines is 4. The Labute approximate surface area is 219 Å². The lowest BCUT2D eigenvalue weighted by Crippen LogP contribution is -2.69. The topological polar surface area (TPSA) is 85.4 Å². The minimum Gasteiger partial charge on any atom is -0.369 e. The van der Waals surface area contributed by atoms with E-state index in [4.69, 9.17) is 16.6 Å². The van der Waals surface area contributed by atoms with Crippen LogP contribution >= 0.6 is 11.6 Å². The van der Waals surface area contributed by atoms with E-state index in [-0.39, 0.29) is 17.2 Å². The molecule has 0 radical (unpaired) electrons. The molecular formula is C27H38ClN7O. The second-order valence-corrected chi connectivity index (χ2v) is 11.9. The van der Waals surface area contributed by atoms with Gasteiger partial charge in [-0.05, 0) is 68.3 Å². The summed E-state index contributed by atoms with van der Waals surface area (Å²) in [6, 6.07) is 8.38. The van der Waals surface area contributed by atoms with Crippen molar-refractivity contribution < 1.29 is 4.79 Å². The number of piperazine rings is 1. The summed E-state index contributed by atoms with van der Waals surface area (Å²) in [7, 11) is 3.87. The molecule has 2 aromatic rings. The first kappa shape index (κ1) is 25.1. The zero-order valence-corrected chi connectivity index (χ0v) is 22.7. The number of nitrogens with one attached hydrogen (secondary N) is 3. The van der Waals surface area contributed by atoms with E-state index in [0.29, 0.717) is 28.6 Å². The Kier molecular flexibility index (Phi) is 6.53. The molecule has 194 valence electrons. The molecule has 1 saturated heterocycles. The van der Waals surface area contributed by atoms with E-state index >= 15 is 0 Å². The first-order valence-electron chi connectivity index (χ1n) is 12.9. The van der Waals surface area contributed by atoms with Crippen molar-refractivity contribution in [1.29, 1.82) is 0 Å². The lowest BCUT2D eigenvalue weighted by atomic mass is 9.40. The summed E-state index contributed by atoms with van der Waals surface area (Å²) in [6.07, 6.45) is 3.59. The maximum Gasteiger partial charge on any atom is 0.229 e. The summed E-state index contributed by atoms with van der Waals surface area (Å²) >= 11 is 6.57. The van der Waals surface area contributed by atoms with E-state index in [9.17, 15) is 4.79 Å². The van der Waals surface area contributed by atoms with E-state index in [1.54, 1.807) is 13.2 Å². The molecule has 4 atom stereocenters. The van der Waals surface area contributed by atoms with Gasteiger partial charge >= 0.3 is 0 Å². The predicted octanol–water partition coefficient (Wildman–Crippen LogP) is 4.22. The van der Waals surface area contributed by atoms with Crippen LogP contribution in [0.15, 0.2) is 30.5 Å². The van der Waals surface area contributed by atoms with Gasteiger partial charge in [0.1, 0.15) is 5.02 Å². The molecule has 4 fully saturated rings. The quantitative estimate of drug-likeness (QED) is 0.535. The molecule has 9 heteroatoms. The Balaban J connectivity index is 1.34. The maximum absolute atomic E-state index is 12.9. The molecule has 3 N–H and O–H groups in total. The predicted molar refractivity (Wildman–Crippen MR) is 146 cm³/mol. The highest BCUT2D eigenvalue weighted by Crippen LogP contribution is 2.65. The van der Waals surface area contributed by atoms with E-state index < -0.39 is 5.54 Å². The molecule has 2 heterocycles. The van der Waals surface area contributed by atoms with E-state index in [1.165, 1.54) is 5.69 Å². The van der Waals surface area contributed by atoms with Crippen molar-refractivity contribution in [1.82, 2.24) is 20.2 Å². The molecule has 1 amide bonds. The van der Waals surface area contributed by atoms with Crippen LogP contribution in [0.5, 0.6) is 0 Å². The molecule has 1 aromatic heterocycles. The zero-order valence-electron chi connectivity index (χ0n) is 21.9. The van der Waals surface area contributed by atoms with Crippen molar-refractivity contribution in [3.8, 4) is 0 Å². The molecular weight excluding hydrogens is 474 g/mol. The van der Waals surface area contributed by atoms with E-state index in [2.05, 4.69) is 82.8 Å². The third-order valence-electron chi connectivity index (χ3n) is 9.13. The number of benzene rings is 1. The van der Waals surface area contributed by atoms with Crippen molar-refractivity contribution >= 4 is 40.6 Å². The zero-order chi connectivity index (χ0) is 25.7. The molecule has 3 saturated carbocycles. The standard InChI is InChI=1S/C27H38ClN7O/c1-26(2)17-14-20(24(36)29-4)27(3,22(26)15-17)33-23-21(28)16-30-25(32-23)31-18-6-8-19(9-7-18)35-12-10-34(5)11-13-35/h6-9,16-17,20,22H,10-15H2,1-5H3,(H,29,36)(H2,30,31,32,33)/t17-,20-,22-,27+/m1/s1. The Morgan fingerprint density at radius 1 is 1.08 bits per heavy atom. The van der Waals surface area contributed by atoms with Gasteiger partial charge in [0.2, 0.25) is 11.9 Å². The summed E-state index contributed by atoms with van der Waals surface area (Å²) in [6.45, 7) is 11.0. The number of amides is 1. The lowest BCUT2D eigenvalue weighted by molar-refractivity contribution is -0.155. The van der Waals surface area contributed by atoms with Crippen LogP contribution in [-0.4, -0.2) is 66.6 Å². The minimum absolute atomic E-state index is 0.0687. The molecule has 4 aliphatic rings. The summed E-state index contributed by atoms with van der Waals surface area (Å²) in [4.78, 5) is 26.8. The van der Waals surface area contributed by atoms with Crippen LogP contribution in [0.2, 0.25) is 5.02 Å². The third kappa shape index (κ3) is 4.39. The van der Waals surface area contributed by atoms with Gasteiger partial charge in [-0.25, -0.2) is 4.98 Å². The van der Waals surface area contributed by atoms with Crippen molar-refractivity contribution in [2.45, 2.75) is 39.2 Å². The number of nitrogens with zero attached hydrogens (tertiary/aromatic N) is 4. The van der Waals surface area contributed by atoms with Crippen LogP contribution in [-0.2, 0) is 4.79 Å². The second kappa shape index (κ2) is 9.38. The molecule has 6 rings (SSSR count). The Bertz CT molecular complexity index is 1120. The number of hydrogen-bond donors (Lipinski definition) is 3. The van der Waals surface area contributed by atoms with Gasteiger partial charge < -0.3 is 25.8 Å². The van der Waals surface area contributed by atoms with Crippen LogP contribution in [0.4, 0.5) is 23.1 Å². The van der Waals surface area contributed by atoms with Gasteiger partial charge in [-0.3, -0.25) is 4.79 Å². The third-order valence-corrected chi connectivity index (χ3v) is 9.40. The number of carbonyl (C=O) groups excluding carboxylic acids is 1. The average Bonchev–Trinajstić information content (AvgIpc) is 2.86. The fourth-order valence-electron chi connectivity index (χ4n) is 6.65. The highest BCUT2D eigenvalue weighted by molar-refractivity contribution is 6.32. The Morgan fingerprint density at radius 2 is 1.78 bits per heavy atom. The SMILES string of the molecule is CNC(=O)[C@H]1C[C@@H]2C[C@H](C2(C)C)[C@@]1(C)Nc1nc(Nc2ccc(N3CCN(C)CC3)cc2)ncc1Cl. The van der Waals surface area contributed by atoms with Crippen LogP contribution in [0.1, 0.15) is 33.6 Å². The van der Waals surface area contributed by atoms with Gasteiger partial charge in [-0.2, -0.15) is 4.98 Å². The molecule has 36 heavy (non-hydrogen) atoms. The highest BCUT2D eigenvalue weighted by atomic mass is 35.5. The summed E-state index contributed by atoms with van der Waals surface area (Å²) in [5.74, 6) is 1.85. The Hall–Kier alpha value is -2.58. The first-order valence-corrected chi connectivity index (χ1v) is 13.3. The summed E-state index contributed by atoms with van der Waals surface area (Å²) in [5.41, 5.74) is 1.84. The van der Waals surface area contributed by atoms with E-state index in [0.717, 1.165) is 44.7 Å². The van der Waals surface area contributed by atoms with Gasteiger partial charge in [0, 0.05) is 44.6 Å². The summed E-state index contributed by atoms with van der Waals surface area (Å²) < 4.78 is 0. The molecule has 2 bridgehead atoms. The second-order valence-electron chi connectivity index (χ2n) is 11.5. The molecule has 3 aliphatic carbocycles. The van der Waals surface area contributed by atoms with Gasteiger partial charge in [0.25, 0.3) is 0 Å². The number of carbonyl (C=O) groups is 1. The first-order chi connectivity index (χ1) is 17.1. The minimum atomic E-state index is -0.461. The number of hydrogen-bond acceptors (Lipinski definition) is 7. The van der Waals surface area contributed by atoms with Crippen LogP contribution in [0, 0.1) is 23.2 Å². The largest absolute Gasteiger partial charge is 0.369 e. The number of fused-ring (bicyclic) bond motifs is 2. The number of halogens is 1.